The lowest BCUT2D eigenvalue weighted by molar-refractivity contribution is -0.120. The van der Waals surface area contributed by atoms with Crippen molar-refractivity contribution in [3.8, 4) is 12.3 Å². The summed E-state index contributed by atoms with van der Waals surface area (Å²) in [5.74, 6) is 2.25. The van der Waals surface area contributed by atoms with Gasteiger partial charge in [0, 0.05) is 6.54 Å². The van der Waals surface area contributed by atoms with Gasteiger partial charge in [-0.2, -0.15) is 0 Å². The maximum Gasteiger partial charge on any atom is 0.234 e. The van der Waals surface area contributed by atoms with Crippen molar-refractivity contribution in [3.63, 3.8) is 0 Å². The van der Waals surface area contributed by atoms with Gasteiger partial charge in [0.25, 0.3) is 0 Å². The highest BCUT2D eigenvalue weighted by molar-refractivity contribution is 5.77. The quantitative estimate of drug-likeness (QED) is 0.324. The molecule has 5 nitrogen and oxygen atoms in total. The standard InChI is InChI=1S/C9H16N2O3/c1-2-3-10-8-9(13)11-4-6-14-7-5-12/h1,10,12H,3-8H2,(H,11,13). The molecule has 14 heavy (non-hydrogen) atoms. The van der Waals surface area contributed by atoms with Gasteiger partial charge in [-0.05, 0) is 0 Å². The fourth-order valence-corrected chi connectivity index (χ4v) is 0.740. The molecule has 0 spiro atoms. The van der Waals surface area contributed by atoms with Gasteiger partial charge in [-0.3, -0.25) is 10.1 Å². The van der Waals surface area contributed by atoms with Crippen LogP contribution in [0.15, 0.2) is 0 Å². The second-order valence-electron chi connectivity index (χ2n) is 2.49. The Morgan fingerprint density at radius 1 is 1.50 bits per heavy atom. The molecule has 0 fully saturated rings. The van der Waals surface area contributed by atoms with Gasteiger partial charge in [0.05, 0.1) is 32.9 Å². The van der Waals surface area contributed by atoms with E-state index in [0.717, 1.165) is 0 Å². The zero-order valence-electron chi connectivity index (χ0n) is 8.08. The number of rotatable bonds is 8. The lowest BCUT2D eigenvalue weighted by atomic mass is 10.5. The molecule has 0 bridgehead atoms. The molecule has 0 aliphatic heterocycles. The number of carbonyl (C=O) groups excluding carboxylic acids is 1. The highest BCUT2D eigenvalue weighted by Crippen LogP contribution is 1.72. The van der Waals surface area contributed by atoms with E-state index in [1.165, 1.54) is 0 Å². The van der Waals surface area contributed by atoms with Crippen LogP contribution in [0.25, 0.3) is 0 Å². The predicted molar refractivity (Wildman–Crippen MR) is 52.6 cm³/mol. The molecule has 80 valence electrons. The summed E-state index contributed by atoms with van der Waals surface area (Å²) in [6.45, 7) is 1.74. The largest absolute Gasteiger partial charge is 0.394 e. The maximum atomic E-state index is 11.0. The van der Waals surface area contributed by atoms with E-state index in [9.17, 15) is 4.79 Å². The van der Waals surface area contributed by atoms with Gasteiger partial charge < -0.3 is 15.2 Å². The third kappa shape index (κ3) is 9.00. The first-order chi connectivity index (χ1) is 6.81. The van der Waals surface area contributed by atoms with Gasteiger partial charge in [0.15, 0.2) is 0 Å². The molecule has 0 atom stereocenters. The maximum absolute atomic E-state index is 11.0. The van der Waals surface area contributed by atoms with Crippen molar-refractivity contribution in [2.45, 2.75) is 0 Å². The number of terminal acetylenes is 1. The number of ether oxygens (including phenoxy) is 1. The van der Waals surface area contributed by atoms with Crippen molar-refractivity contribution in [3.05, 3.63) is 0 Å². The van der Waals surface area contributed by atoms with Crippen LogP contribution in [0.2, 0.25) is 0 Å². The summed E-state index contributed by atoms with van der Waals surface area (Å²) in [6, 6.07) is 0. The lowest BCUT2D eigenvalue weighted by Crippen LogP contribution is -2.35. The van der Waals surface area contributed by atoms with E-state index in [2.05, 4.69) is 16.6 Å². The first-order valence-corrected chi connectivity index (χ1v) is 4.40. The molecule has 0 aromatic rings. The van der Waals surface area contributed by atoms with Gasteiger partial charge in [-0.15, -0.1) is 6.42 Å². The average molecular weight is 200 g/mol. The van der Waals surface area contributed by atoms with Crippen LogP contribution in [-0.4, -0.2) is 50.5 Å². The molecule has 0 rings (SSSR count). The molecule has 0 saturated carbocycles. The molecular weight excluding hydrogens is 184 g/mol. The van der Waals surface area contributed by atoms with E-state index in [0.29, 0.717) is 26.3 Å². The minimum absolute atomic E-state index is 0.00231. The second-order valence-corrected chi connectivity index (χ2v) is 2.49. The van der Waals surface area contributed by atoms with E-state index in [-0.39, 0.29) is 19.1 Å². The molecule has 0 aromatic carbocycles. The van der Waals surface area contributed by atoms with Crippen LogP contribution >= 0.6 is 0 Å². The van der Waals surface area contributed by atoms with E-state index in [1.807, 2.05) is 0 Å². The molecule has 0 heterocycles. The molecule has 1 amide bonds. The zero-order chi connectivity index (χ0) is 10.6. The smallest absolute Gasteiger partial charge is 0.234 e. The molecule has 0 unspecified atom stereocenters. The zero-order valence-corrected chi connectivity index (χ0v) is 8.08. The number of aliphatic hydroxyl groups excluding tert-OH is 1. The molecule has 0 radical (unpaired) electrons. The monoisotopic (exact) mass is 200 g/mol. The van der Waals surface area contributed by atoms with Gasteiger partial charge in [-0.25, -0.2) is 0 Å². The van der Waals surface area contributed by atoms with E-state index in [1.54, 1.807) is 0 Å². The van der Waals surface area contributed by atoms with Gasteiger partial charge >= 0.3 is 0 Å². The fourth-order valence-electron chi connectivity index (χ4n) is 0.740. The molecule has 5 heteroatoms. The van der Waals surface area contributed by atoms with Crippen LogP contribution < -0.4 is 10.6 Å². The van der Waals surface area contributed by atoms with Crippen LogP contribution in [0, 0.1) is 12.3 Å². The third-order valence-electron chi connectivity index (χ3n) is 1.32. The van der Waals surface area contributed by atoms with Crippen LogP contribution in [-0.2, 0) is 9.53 Å². The Balaban J connectivity index is 3.15. The van der Waals surface area contributed by atoms with Crippen molar-refractivity contribution in [1.82, 2.24) is 10.6 Å². The number of nitrogens with one attached hydrogen (secondary N) is 2. The Hall–Kier alpha value is -1.09. The molecule has 3 N–H and O–H groups in total. The van der Waals surface area contributed by atoms with Crippen LogP contribution in [0.3, 0.4) is 0 Å². The second kappa shape index (κ2) is 9.99. The minimum atomic E-state index is -0.118. The Labute approximate surface area is 83.8 Å². The van der Waals surface area contributed by atoms with Crippen molar-refractivity contribution in [1.29, 1.82) is 0 Å². The van der Waals surface area contributed by atoms with E-state index in [4.69, 9.17) is 16.3 Å². The summed E-state index contributed by atoms with van der Waals surface area (Å²) < 4.78 is 4.94. The third-order valence-corrected chi connectivity index (χ3v) is 1.32. The summed E-state index contributed by atoms with van der Waals surface area (Å²) in [5.41, 5.74) is 0. The van der Waals surface area contributed by atoms with Crippen LogP contribution in [0.5, 0.6) is 0 Å². The molecule has 0 aromatic heterocycles. The Morgan fingerprint density at radius 3 is 2.93 bits per heavy atom. The van der Waals surface area contributed by atoms with Crippen LogP contribution in [0.4, 0.5) is 0 Å². The number of amides is 1. The lowest BCUT2D eigenvalue weighted by Gasteiger charge is -2.05. The van der Waals surface area contributed by atoms with Crippen LogP contribution in [0.1, 0.15) is 0 Å². The normalized spacial score (nSPS) is 9.43. The minimum Gasteiger partial charge on any atom is -0.394 e. The number of hydrogen-bond acceptors (Lipinski definition) is 4. The molecule has 0 aliphatic carbocycles. The SMILES string of the molecule is C#CCNCC(=O)NCCOCCO. The highest BCUT2D eigenvalue weighted by Gasteiger charge is 1.97. The summed E-state index contributed by atoms with van der Waals surface area (Å²) in [7, 11) is 0. The summed E-state index contributed by atoms with van der Waals surface area (Å²) in [6.07, 6.45) is 4.98. The van der Waals surface area contributed by atoms with Gasteiger partial charge in [0.2, 0.25) is 5.91 Å². The first kappa shape index (κ1) is 12.9. The summed E-state index contributed by atoms with van der Waals surface area (Å²) in [5, 5.41) is 13.8. The molecule has 0 aliphatic rings. The number of aliphatic hydroxyl groups is 1. The van der Waals surface area contributed by atoms with Gasteiger partial charge in [0.1, 0.15) is 0 Å². The fraction of sp³-hybridized carbons (Fsp3) is 0.667. The number of carbonyl (C=O) groups is 1. The Kier molecular flexibility index (Phi) is 9.22. The van der Waals surface area contributed by atoms with E-state index < -0.39 is 0 Å². The Morgan fingerprint density at radius 2 is 2.29 bits per heavy atom. The van der Waals surface area contributed by atoms with E-state index >= 15 is 0 Å². The molecule has 0 saturated heterocycles. The van der Waals surface area contributed by atoms with Crippen molar-refractivity contribution >= 4 is 5.91 Å². The van der Waals surface area contributed by atoms with Crippen molar-refractivity contribution < 1.29 is 14.6 Å². The van der Waals surface area contributed by atoms with Crippen molar-refractivity contribution in [2.75, 3.05) is 39.5 Å². The Bertz CT molecular complexity index is 189. The topological polar surface area (TPSA) is 70.6 Å². The molecular formula is C9H16N2O3. The van der Waals surface area contributed by atoms with Gasteiger partial charge in [-0.1, -0.05) is 5.92 Å². The first-order valence-electron chi connectivity index (χ1n) is 4.40. The highest BCUT2D eigenvalue weighted by atomic mass is 16.5. The number of hydrogen-bond donors (Lipinski definition) is 3. The van der Waals surface area contributed by atoms with Crippen molar-refractivity contribution in [2.24, 2.45) is 0 Å². The summed E-state index contributed by atoms with van der Waals surface area (Å²) in [4.78, 5) is 11.0. The predicted octanol–water partition coefficient (Wildman–Crippen LogP) is -1.67. The average Bonchev–Trinajstić information content (AvgIpc) is 2.18. The summed E-state index contributed by atoms with van der Waals surface area (Å²) >= 11 is 0.